The van der Waals surface area contributed by atoms with E-state index >= 15 is 0 Å². The lowest BCUT2D eigenvalue weighted by Gasteiger charge is -2.32. The first-order chi connectivity index (χ1) is 7.94. The van der Waals surface area contributed by atoms with Gasteiger partial charge in [0, 0.05) is 28.4 Å². The first-order valence-corrected chi connectivity index (χ1v) is 6.29. The van der Waals surface area contributed by atoms with Crippen molar-refractivity contribution in [2.24, 2.45) is 0 Å². The zero-order chi connectivity index (χ0) is 12.5. The summed E-state index contributed by atoms with van der Waals surface area (Å²) >= 11 is 11.1. The molecule has 2 nitrogen and oxygen atoms in total. The van der Waals surface area contributed by atoms with Crippen molar-refractivity contribution in [1.29, 1.82) is 0 Å². The molecule has 0 aromatic heterocycles. The van der Waals surface area contributed by atoms with E-state index < -0.39 is 0 Å². The van der Waals surface area contributed by atoms with Gasteiger partial charge in [0.25, 0.3) is 0 Å². The van der Waals surface area contributed by atoms with E-state index in [1.807, 2.05) is 30.3 Å². The monoisotopic (exact) mass is 266 g/mol. The molecule has 2 N–H and O–H groups in total. The lowest BCUT2D eigenvalue weighted by Crippen LogP contribution is -2.45. The lowest BCUT2D eigenvalue weighted by molar-refractivity contribution is 0.453. The summed E-state index contributed by atoms with van der Waals surface area (Å²) < 4.78 is 0. The second-order valence-electron chi connectivity index (χ2n) is 4.85. The Labute approximate surface area is 112 Å². The van der Waals surface area contributed by atoms with Crippen molar-refractivity contribution < 1.29 is 0 Å². The summed E-state index contributed by atoms with van der Waals surface area (Å²) in [6, 6.07) is 7.66. The Kier molecular flexibility index (Phi) is 3.40. The van der Waals surface area contributed by atoms with Crippen molar-refractivity contribution in [2.75, 3.05) is 5.32 Å². The number of thiocarbonyl (C=S) groups is 1. The number of benzene rings is 1. The second kappa shape index (κ2) is 4.67. The van der Waals surface area contributed by atoms with Crippen LogP contribution in [0.5, 0.6) is 0 Å². The molecule has 1 aromatic rings. The van der Waals surface area contributed by atoms with Gasteiger partial charge in [0.1, 0.15) is 4.99 Å². The van der Waals surface area contributed by atoms with E-state index in [0.29, 0.717) is 0 Å². The normalized spacial score (nSPS) is 18.3. The molecule has 0 fully saturated rings. The van der Waals surface area contributed by atoms with Crippen molar-refractivity contribution >= 4 is 34.5 Å². The third-order valence-electron chi connectivity index (χ3n) is 2.55. The average Bonchev–Trinajstić information content (AvgIpc) is 2.18. The summed E-state index contributed by atoms with van der Waals surface area (Å²) in [5, 5.41) is 7.38. The van der Waals surface area contributed by atoms with Gasteiger partial charge < -0.3 is 10.6 Å². The maximum Gasteiger partial charge on any atom is 0.101 e. The van der Waals surface area contributed by atoms with Crippen LogP contribution in [0.15, 0.2) is 36.0 Å². The summed E-state index contributed by atoms with van der Waals surface area (Å²) in [6.45, 7) is 4.27. The van der Waals surface area contributed by atoms with Gasteiger partial charge in [0.2, 0.25) is 0 Å². The van der Waals surface area contributed by atoms with Gasteiger partial charge in [0.05, 0.1) is 0 Å². The molecule has 0 atom stereocenters. The van der Waals surface area contributed by atoms with Crippen LogP contribution in [0.25, 0.3) is 0 Å². The number of halogens is 1. The summed E-state index contributed by atoms with van der Waals surface area (Å²) in [4.78, 5) is 0.776. The van der Waals surface area contributed by atoms with Gasteiger partial charge in [-0.2, -0.15) is 0 Å². The van der Waals surface area contributed by atoms with Crippen molar-refractivity contribution in [3.63, 3.8) is 0 Å². The number of hydrogen-bond acceptors (Lipinski definition) is 2. The molecule has 1 aromatic carbocycles. The van der Waals surface area contributed by atoms with Gasteiger partial charge in [-0.1, -0.05) is 23.8 Å². The molecule has 0 bridgehead atoms. The minimum atomic E-state index is 0.000587. The lowest BCUT2D eigenvalue weighted by atomic mass is 9.95. The average molecular weight is 267 g/mol. The highest BCUT2D eigenvalue weighted by Gasteiger charge is 2.24. The van der Waals surface area contributed by atoms with Crippen LogP contribution in [0, 0.1) is 0 Å². The maximum absolute atomic E-state index is 5.85. The van der Waals surface area contributed by atoms with Crippen molar-refractivity contribution in [2.45, 2.75) is 25.8 Å². The van der Waals surface area contributed by atoms with Crippen LogP contribution in [0.3, 0.4) is 0 Å². The van der Waals surface area contributed by atoms with E-state index in [9.17, 15) is 0 Å². The van der Waals surface area contributed by atoms with Crippen LogP contribution >= 0.6 is 23.8 Å². The quantitative estimate of drug-likeness (QED) is 0.798. The molecule has 90 valence electrons. The molecule has 0 aliphatic carbocycles. The van der Waals surface area contributed by atoms with Gasteiger partial charge in [-0.25, -0.2) is 0 Å². The van der Waals surface area contributed by atoms with Gasteiger partial charge >= 0.3 is 0 Å². The molecule has 0 unspecified atom stereocenters. The molecule has 0 radical (unpaired) electrons. The molecule has 0 spiro atoms. The largest absolute Gasteiger partial charge is 0.371 e. The molecule has 0 saturated heterocycles. The molecular formula is C13H15ClN2S. The molecule has 1 aliphatic rings. The fourth-order valence-electron chi connectivity index (χ4n) is 1.90. The summed E-state index contributed by atoms with van der Waals surface area (Å²) in [5.41, 5.74) is 2.16. The molecule has 0 saturated carbocycles. The molecule has 4 heteroatoms. The minimum absolute atomic E-state index is 0.000587. The van der Waals surface area contributed by atoms with Crippen LogP contribution in [0.2, 0.25) is 5.02 Å². The third-order valence-corrected chi connectivity index (χ3v) is 3.02. The number of anilines is 1. The summed E-state index contributed by atoms with van der Waals surface area (Å²) in [6.07, 6.45) is 2.88. The number of nitrogens with one attached hydrogen (secondary N) is 2. The van der Waals surface area contributed by atoms with Gasteiger partial charge in [0.15, 0.2) is 0 Å². The zero-order valence-corrected chi connectivity index (χ0v) is 11.5. The predicted octanol–water partition coefficient (Wildman–Crippen LogP) is 3.74. The maximum atomic E-state index is 5.85. The first-order valence-electron chi connectivity index (χ1n) is 5.50. The second-order valence-corrected chi connectivity index (χ2v) is 5.73. The van der Waals surface area contributed by atoms with Gasteiger partial charge in [-0.3, -0.25) is 0 Å². The van der Waals surface area contributed by atoms with Gasteiger partial charge in [-0.15, -0.1) is 0 Å². The van der Waals surface area contributed by atoms with E-state index in [2.05, 4.69) is 24.5 Å². The third kappa shape index (κ3) is 3.45. The molecule has 1 aliphatic heterocycles. The van der Waals surface area contributed by atoms with Crippen LogP contribution in [0.4, 0.5) is 5.69 Å². The molecule has 1 heterocycles. The highest BCUT2D eigenvalue weighted by molar-refractivity contribution is 7.80. The van der Waals surface area contributed by atoms with E-state index in [1.165, 1.54) is 0 Å². The highest BCUT2D eigenvalue weighted by Crippen LogP contribution is 2.23. The van der Waals surface area contributed by atoms with Crippen molar-refractivity contribution in [3.05, 3.63) is 41.1 Å². The van der Waals surface area contributed by atoms with Crippen LogP contribution < -0.4 is 10.6 Å². The minimum Gasteiger partial charge on any atom is -0.371 e. The molecular weight excluding hydrogens is 252 g/mol. The van der Waals surface area contributed by atoms with Gasteiger partial charge in [-0.05, 0) is 44.2 Å². The van der Waals surface area contributed by atoms with Crippen molar-refractivity contribution in [3.8, 4) is 0 Å². The fourth-order valence-corrected chi connectivity index (χ4v) is 2.44. The number of rotatable bonds is 2. The number of hydrogen-bond donors (Lipinski definition) is 2. The van der Waals surface area contributed by atoms with E-state index in [1.54, 1.807) is 0 Å². The Morgan fingerprint density at radius 1 is 1.29 bits per heavy atom. The zero-order valence-electron chi connectivity index (χ0n) is 9.88. The van der Waals surface area contributed by atoms with Crippen LogP contribution in [-0.4, -0.2) is 10.5 Å². The Bertz CT molecular complexity index is 463. The van der Waals surface area contributed by atoms with E-state index in [0.717, 1.165) is 27.8 Å². The highest BCUT2D eigenvalue weighted by atomic mass is 35.5. The van der Waals surface area contributed by atoms with E-state index in [4.69, 9.17) is 23.8 Å². The Morgan fingerprint density at radius 3 is 2.53 bits per heavy atom. The van der Waals surface area contributed by atoms with Crippen LogP contribution in [-0.2, 0) is 0 Å². The fraction of sp³-hybridized carbons (Fsp3) is 0.308. The predicted molar refractivity (Wildman–Crippen MR) is 77.6 cm³/mol. The van der Waals surface area contributed by atoms with Crippen molar-refractivity contribution in [1.82, 2.24) is 5.32 Å². The standard InChI is InChI=1S/C13H15ClN2S/c1-13(2)8-11(7-12(17)16-13)15-10-5-3-9(14)4-6-10/h3-7,15H,8H2,1-2H3,(H,16,17). The summed E-state index contributed by atoms with van der Waals surface area (Å²) in [7, 11) is 0. The molecule has 0 amide bonds. The molecule has 17 heavy (non-hydrogen) atoms. The van der Waals surface area contributed by atoms with Crippen LogP contribution in [0.1, 0.15) is 20.3 Å². The van der Waals surface area contributed by atoms with E-state index in [-0.39, 0.29) is 5.54 Å². The molecule has 2 rings (SSSR count). The summed E-state index contributed by atoms with van der Waals surface area (Å²) in [5.74, 6) is 0. The Hall–Kier alpha value is -1.06. The first kappa shape index (κ1) is 12.4. The SMILES string of the molecule is CC1(C)CC(Nc2ccc(Cl)cc2)=CC(=S)N1. The smallest absolute Gasteiger partial charge is 0.101 e. The Morgan fingerprint density at radius 2 is 1.94 bits per heavy atom. The Balaban J connectivity index is 2.13. The topological polar surface area (TPSA) is 24.1 Å².